The number of carbonyl (C=O) groups excluding carboxylic acids is 3. The molecule has 0 aliphatic carbocycles. The predicted octanol–water partition coefficient (Wildman–Crippen LogP) is 2.91. The zero-order valence-corrected chi connectivity index (χ0v) is 16.6. The summed E-state index contributed by atoms with van der Waals surface area (Å²) in [6, 6.07) is 14.6. The molecule has 0 spiro atoms. The highest BCUT2D eigenvalue weighted by Crippen LogP contribution is 2.17. The molecule has 0 bridgehead atoms. The molecule has 0 heterocycles. The topological polar surface area (TPSA) is 78.5 Å². The summed E-state index contributed by atoms with van der Waals surface area (Å²) in [4.78, 5) is 37.7. The van der Waals surface area contributed by atoms with E-state index in [1.807, 2.05) is 38.1 Å². The van der Waals surface area contributed by atoms with Crippen LogP contribution in [0.25, 0.3) is 0 Å². The van der Waals surface area contributed by atoms with Gasteiger partial charge in [-0.05, 0) is 49.6 Å². The van der Waals surface area contributed by atoms with Crippen LogP contribution >= 0.6 is 0 Å². The summed E-state index contributed by atoms with van der Waals surface area (Å²) in [6.07, 6.45) is 0.780. The molecule has 0 saturated heterocycles. The molecule has 2 aromatic carbocycles. The molecule has 0 saturated carbocycles. The molecule has 28 heavy (non-hydrogen) atoms. The van der Waals surface area contributed by atoms with Gasteiger partial charge in [-0.3, -0.25) is 14.4 Å². The number of nitrogens with zero attached hydrogens (tertiary/aromatic N) is 1. The van der Waals surface area contributed by atoms with Gasteiger partial charge in [0, 0.05) is 31.3 Å². The van der Waals surface area contributed by atoms with Gasteiger partial charge in [-0.15, -0.1) is 0 Å². The van der Waals surface area contributed by atoms with Gasteiger partial charge in [-0.2, -0.15) is 0 Å². The number of nitrogens with one attached hydrogen (secondary N) is 2. The number of likely N-dealkylation sites (N-methyl/N-ethyl adjacent to an activating group) is 1. The van der Waals surface area contributed by atoms with E-state index in [9.17, 15) is 14.4 Å². The van der Waals surface area contributed by atoms with Gasteiger partial charge in [-0.25, -0.2) is 0 Å². The molecular formula is C22H27N3O3. The van der Waals surface area contributed by atoms with Crippen molar-refractivity contribution >= 4 is 23.4 Å². The Morgan fingerprint density at radius 2 is 1.68 bits per heavy atom. The van der Waals surface area contributed by atoms with Gasteiger partial charge in [-0.1, -0.05) is 30.3 Å². The Morgan fingerprint density at radius 1 is 0.964 bits per heavy atom. The first-order chi connectivity index (χ1) is 13.4. The van der Waals surface area contributed by atoms with E-state index in [0.717, 1.165) is 16.8 Å². The zero-order chi connectivity index (χ0) is 20.5. The largest absolute Gasteiger partial charge is 0.352 e. The summed E-state index contributed by atoms with van der Waals surface area (Å²) in [5, 5.41) is 5.64. The van der Waals surface area contributed by atoms with Crippen LogP contribution in [0.4, 0.5) is 5.69 Å². The average molecular weight is 381 g/mol. The molecule has 0 atom stereocenters. The van der Waals surface area contributed by atoms with Crippen LogP contribution in [-0.2, 0) is 9.59 Å². The Labute approximate surface area is 165 Å². The molecule has 2 N–H and O–H groups in total. The Morgan fingerprint density at radius 3 is 2.39 bits per heavy atom. The highest BCUT2D eigenvalue weighted by atomic mass is 16.2. The van der Waals surface area contributed by atoms with E-state index in [-0.39, 0.29) is 30.7 Å². The lowest BCUT2D eigenvalue weighted by Crippen LogP contribution is -2.35. The molecule has 6 heteroatoms. The van der Waals surface area contributed by atoms with Crippen molar-refractivity contribution in [1.29, 1.82) is 0 Å². The standard InChI is InChI=1S/C22H27N3O3/c1-16-9-7-12-19(17(16)2)24-20(26)15-25(3)21(27)13-8-14-23-22(28)18-10-5-4-6-11-18/h4-7,9-12H,8,13-15H2,1-3H3,(H,23,28)(H,24,26). The number of benzene rings is 2. The third-order valence-electron chi connectivity index (χ3n) is 4.57. The van der Waals surface area contributed by atoms with Crippen LogP contribution in [0.2, 0.25) is 0 Å². The molecule has 0 aliphatic heterocycles. The molecular weight excluding hydrogens is 354 g/mol. The number of carbonyl (C=O) groups is 3. The number of anilines is 1. The molecule has 148 valence electrons. The fourth-order valence-electron chi connectivity index (χ4n) is 2.70. The van der Waals surface area contributed by atoms with E-state index in [1.54, 1.807) is 31.3 Å². The van der Waals surface area contributed by atoms with E-state index >= 15 is 0 Å². The van der Waals surface area contributed by atoms with Gasteiger partial charge in [0.2, 0.25) is 11.8 Å². The predicted molar refractivity (Wildman–Crippen MR) is 110 cm³/mol. The maximum atomic E-state index is 12.2. The van der Waals surface area contributed by atoms with Crippen molar-refractivity contribution in [3.8, 4) is 0 Å². The monoisotopic (exact) mass is 381 g/mol. The first-order valence-corrected chi connectivity index (χ1v) is 9.31. The van der Waals surface area contributed by atoms with Crippen molar-refractivity contribution in [3.63, 3.8) is 0 Å². The number of aryl methyl sites for hydroxylation is 1. The third kappa shape index (κ3) is 6.23. The van der Waals surface area contributed by atoms with E-state index in [0.29, 0.717) is 18.5 Å². The molecule has 0 fully saturated rings. The molecule has 0 radical (unpaired) electrons. The lowest BCUT2D eigenvalue weighted by atomic mass is 10.1. The zero-order valence-electron chi connectivity index (χ0n) is 16.6. The maximum absolute atomic E-state index is 12.2. The molecule has 0 aliphatic rings. The minimum Gasteiger partial charge on any atom is -0.352 e. The van der Waals surface area contributed by atoms with E-state index in [4.69, 9.17) is 0 Å². The fourth-order valence-corrected chi connectivity index (χ4v) is 2.70. The molecule has 3 amide bonds. The van der Waals surface area contributed by atoms with Crippen LogP contribution in [0.15, 0.2) is 48.5 Å². The van der Waals surface area contributed by atoms with Gasteiger partial charge in [0.1, 0.15) is 0 Å². The highest BCUT2D eigenvalue weighted by Gasteiger charge is 2.14. The smallest absolute Gasteiger partial charge is 0.251 e. The van der Waals surface area contributed by atoms with Crippen molar-refractivity contribution in [2.45, 2.75) is 26.7 Å². The summed E-state index contributed by atoms with van der Waals surface area (Å²) in [5.74, 6) is -0.527. The van der Waals surface area contributed by atoms with Crippen LogP contribution in [0, 0.1) is 13.8 Å². The van der Waals surface area contributed by atoms with Gasteiger partial charge < -0.3 is 15.5 Å². The van der Waals surface area contributed by atoms with Crippen LogP contribution in [0.3, 0.4) is 0 Å². The Kier molecular flexibility index (Phi) is 7.75. The molecule has 0 aromatic heterocycles. The number of hydrogen-bond acceptors (Lipinski definition) is 3. The Bertz CT molecular complexity index is 834. The first-order valence-electron chi connectivity index (χ1n) is 9.31. The second-order valence-corrected chi connectivity index (χ2v) is 6.77. The molecule has 6 nitrogen and oxygen atoms in total. The van der Waals surface area contributed by atoms with Crippen LogP contribution in [-0.4, -0.2) is 42.8 Å². The molecule has 0 unspecified atom stereocenters. The normalized spacial score (nSPS) is 10.2. The quantitative estimate of drug-likeness (QED) is 0.690. The van der Waals surface area contributed by atoms with Crippen molar-refractivity contribution in [2.24, 2.45) is 0 Å². The van der Waals surface area contributed by atoms with Gasteiger partial charge >= 0.3 is 0 Å². The van der Waals surface area contributed by atoms with Crippen molar-refractivity contribution in [3.05, 3.63) is 65.2 Å². The van der Waals surface area contributed by atoms with Gasteiger partial charge in [0.25, 0.3) is 5.91 Å². The second kappa shape index (κ2) is 10.3. The highest BCUT2D eigenvalue weighted by molar-refractivity contribution is 5.95. The third-order valence-corrected chi connectivity index (χ3v) is 4.57. The van der Waals surface area contributed by atoms with E-state index < -0.39 is 0 Å². The van der Waals surface area contributed by atoms with Gasteiger partial charge in [0.05, 0.1) is 6.54 Å². The van der Waals surface area contributed by atoms with Crippen LogP contribution < -0.4 is 10.6 Å². The maximum Gasteiger partial charge on any atom is 0.251 e. The lowest BCUT2D eigenvalue weighted by Gasteiger charge is -2.18. The number of hydrogen-bond donors (Lipinski definition) is 2. The van der Waals surface area contributed by atoms with E-state index in [2.05, 4.69) is 10.6 Å². The number of rotatable bonds is 8. The first kappa shape index (κ1) is 21.2. The summed E-state index contributed by atoms with van der Waals surface area (Å²) < 4.78 is 0. The molecule has 2 rings (SSSR count). The molecule has 2 aromatic rings. The minimum atomic E-state index is -0.234. The summed E-state index contributed by atoms with van der Waals surface area (Å²) in [5.41, 5.74) is 3.46. The fraction of sp³-hybridized carbons (Fsp3) is 0.318. The Hall–Kier alpha value is -3.15. The SMILES string of the molecule is Cc1cccc(NC(=O)CN(C)C(=O)CCCNC(=O)c2ccccc2)c1C. The Balaban J connectivity index is 1.71. The minimum absolute atomic E-state index is 0.0113. The van der Waals surface area contributed by atoms with Crippen LogP contribution in [0.5, 0.6) is 0 Å². The van der Waals surface area contributed by atoms with Crippen LogP contribution in [0.1, 0.15) is 34.3 Å². The van der Waals surface area contributed by atoms with E-state index in [1.165, 1.54) is 4.90 Å². The summed E-state index contributed by atoms with van der Waals surface area (Å²) in [7, 11) is 1.60. The van der Waals surface area contributed by atoms with Crippen molar-refractivity contribution in [1.82, 2.24) is 10.2 Å². The summed E-state index contributed by atoms with van der Waals surface area (Å²) in [6.45, 7) is 4.32. The summed E-state index contributed by atoms with van der Waals surface area (Å²) >= 11 is 0. The van der Waals surface area contributed by atoms with Crippen molar-refractivity contribution < 1.29 is 14.4 Å². The average Bonchev–Trinajstić information content (AvgIpc) is 2.69. The second-order valence-electron chi connectivity index (χ2n) is 6.77. The lowest BCUT2D eigenvalue weighted by molar-refractivity contribution is -0.133. The van der Waals surface area contributed by atoms with Gasteiger partial charge in [0.15, 0.2) is 0 Å². The number of amides is 3. The van der Waals surface area contributed by atoms with Crippen molar-refractivity contribution in [2.75, 3.05) is 25.5 Å².